The molecule has 1 atom stereocenters. The molecule has 1 aliphatic rings. The molecule has 3 rings (SSSR count). The van der Waals surface area contributed by atoms with E-state index < -0.39 is 0 Å². The summed E-state index contributed by atoms with van der Waals surface area (Å²) < 4.78 is 0. The Balaban J connectivity index is 1.84. The smallest absolute Gasteiger partial charge is 0.0240 e. The maximum absolute atomic E-state index is 5.93. The molecule has 1 heterocycles. The summed E-state index contributed by atoms with van der Waals surface area (Å²) in [7, 11) is 0. The molecule has 1 aliphatic heterocycles. The van der Waals surface area contributed by atoms with Gasteiger partial charge < -0.3 is 4.90 Å². The summed E-state index contributed by atoms with van der Waals surface area (Å²) in [4.78, 5) is 2.53. The first-order valence-corrected chi connectivity index (χ1v) is 9.43. The van der Waals surface area contributed by atoms with E-state index in [1.54, 1.807) is 0 Å². The van der Waals surface area contributed by atoms with Crippen molar-refractivity contribution in [3.8, 4) is 0 Å². The van der Waals surface area contributed by atoms with E-state index in [1.807, 2.05) is 0 Å². The van der Waals surface area contributed by atoms with Gasteiger partial charge in [0.15, 0.2) is 0 Å². The fraction of sp³-hybridized carbons (Fsp3) is 0.364. The molecular formula is C22H26ClN. The lowest BCUT2D eigenvalue weighted by atomic mass is 9.87. The molecule has 1 nitrogen and oxygen atoms in total. The van der Waals surface area contributed by atoms with Crippen LogP contribution in [0.4, 0.5) is 0 Å². The molecule has 0 N–H and O–H groups in total. The van der Waals surface area contributed by atoms with Crippen LogP contribution in [0.25, 0.3) is 6.08 Å². The highest BCUT2D eigenvalue weighted by atomic mass is 35.5. The van der Waals surface area contributed by atoms with E-state index in [4.69, 9.17) is 11.6 Å². The Morgan fingerprint density at radius 3 is 2.71 bits per heavy atom. The van der Waals surface area contributed by atoms with Gasteiger partial charge in [-0.15, -0.1) is 11.6 Å². The summed E-state index contributed by atoms with van der Waals surface area (Å²) in [5, 5.41) is 0. The molecule has 0 amide bonds. The average molecular weight is 340 g/mol. The summed E-state index contributed by atoms with van der Waals surface area (Å²) in [6.07, 6.45) is 5.75. The van der Waals surface area contributed by atoms with Crippen LogP contribution < -0.4 is 0 Å². The maximum Gasteiger partial charge on any atom is 0.0240 e. The number of allylic oxidation sites excluding steroid dienone is 1. The van der Waals surface area contributed by atoms with Gasteiger partial charge in [-0.1, -0.05) is 60.2 Å². The van der Waals surface area contributed by atoms with E-state index in [0.29, 0.717) is 5.92 Å². The molecule has 1 fully saturated rings. The van der Waals surface area contributed by atoms with Crippen molar-refractivity contribution in [2.45, 2.75) is 32.1 Å². The Bertz CT molecular complexity index is 677. The first kappa shape index (κ1) is 17.1. The average Bonchev–Trinajstić information content (AvgIpc) is 2.61. The number of rotatable bonds is 5. The van der Waals surface area contributed by atoms with Crippen molar-refractivity contribution in [2.75, 3.05) is 19.0 Å². The van der Waals surface area contributed by atoms with E-state index in [9.17, 15) is 0 Å². The number of nitrogens with zero attached hydrogens (tertiary/aromatic N) is 1. The molecule has 2 heteroatoms. The molecule has 0 spiro atoms. The van der Waals surface area contributed by atoms with Gasteiger partial charge in [-0.25, -0.2) is 0 Å². The molecule has 0 saturated carbocycles. The molecule has 1 saturated heterocycles. The molecule has 0 aromatic heterocycles. The van der Waals surface area contributed by atoms with Gasteiger partial charge in [-0.05, 0) is 49.3 Å². The predicted octanol–water partition coefficient (Wildman–Crippen LogP) is 5.84. The fourth-order valence-corrected chi connectivity index (χ4v) is 3.68. The van der Waals surface area contributed by atoms with Gasteiger partial charge in [0.2, 0.25) is 0 Å². The second-order valence-electron chi connectivity index (χ2n) is 6.68. The normalized spacial score (nSPS) is 19.7. The van der Waals surface area contributed by atoms with Gasteiger partial charge in [-0.2, -0.15) is 0 Å². The quantitative estimate of drug-likeness (QED) is 0.618. The predicted molar refractivity (Wildman–Crippen MR) is 104 cm³/mol. The zero-order valence-corrected chi connectivity index (χ0v) is 15.2. The van der Waals surface area contributed by atoms with Crippen molar-refractivity contribution in [3.05, 3.63) is 77.0 Å². The highest BCUT2D eigenvalue weighted by Crippen LogP contribution is 2.34. The van der Waals surface area contributed by atoms with Crippen molar-refractivity contribution in [3.63, 3.8) is 0 Å². The van der Waals surface area contributed by atoms with Crippen molar-refractivity contribution in [1.82, 2.24) is 4.90 Å². The SMILES string of the molecule is Cc1cccc(C=C2CC(c3ccccc3)CCN2CCCCl)c1. The summed E-state index contributed by atoms with van der Waals surface area (Å²) in [6.45, 7) is 4.33. The maximum atomic E-state index is 5.93. The number of halogens is 1. The third kappa shape index (κ3) is 4.42. The second kappa shape index (κ2) is 8.39. The molecule has 126 valence electrons. The number of aryl methyl sites for hydroxylation is 1. The van der Waals surface area contributed by atoms with Gasteiger partial charge in [0.1, 0.15) is 0 Å². The minimum atomic E-state index is 0.620. The number of likely N-dealkylation sites (tertiary alicyclic amines) is 1. The van der Waals surface area contributed by atoms with Crippen LogP contribution in [-0.4, -0.2) is 23.9 Å². The van der Waals surface area contributed by atoms with Gasteiger partial charge in [0.25, 0.3) is 0 Å². The summed E-state index contributed by atoms with van der Waals surface area (Å²) in [5.41, 5.74) is 5.53. The molecule has 2 aromatic rings. The minimum Gasteiger partial charge on any atom is -0.375 e. The molecule has 2 aromatic carbocycles. The monoisotopic (exact) mass is 339 g/mol. The number of piperidine rings is 1. The molecule has 0 radical (unpaired) electrons. The lowest BCUT2D eigenvalue weighted by molar-refractivity contribution is 0.276. The highest BCUT2D eigenvalue weighted by Gasteiger charge is 2.23. The van der Waals surface area contributed by atoms with Crippen LogP contribution in [0.15, 0.2) is 60.3 Å². The zero-order valence-electron chi connectivity index (χ0n) is 14.4. The van der Waals surface area contributed by atoms with E-state index in [1.165, 1.54) is 28.8 Å². The van der Waals surface area contributed by atoms with Crippen LogP contribution in [0.3, 0.4) is 0 Å². The molecule has 0 bridgehead atoms. The Morgan fingerprint density at radius 2 is 1.96 bits per heavy atom. The first-order chi connectivity index (χ1) is 11.8. The Morgan fingerprint density at radius 1 is 1.12 bits per heavy atom. The lowest BCUT2D eigenvalue weighted by Gasteiger charge is -2.36. The summed E-state index contributed by atoms with van der Waals surface area (Å²) in [6, 6.07) is 19.7. The highest BCUT2D eigenvalue weighted by molar-refractivity contribution is 6.17. The van der Waals surface area contributed by atoms with Gasteiger partial charge in [0, 0.05) is 24.7 Å². The topological polar surface area (TPSA) is 3.24 Å². The van der Waals surface area contributed by atoms with Crippen molar-refractivity contribution < 1.29 is 0 Å². The van der Waals surface area contributed by atoms with E-state index in [-0.39, 0.29) is 0 Å². The lowest BCUT2D eigenvalue weighted by Crippen LogP contribution is -2.32. The minimum absolute atomic E-state index is 0.620. The van der Waals surface area contributed by atoms with Crippen LogP contribution in [0.2, 0.25) is 0 Å². The summed E-state index contributed by atoms with van der Waals surface area (Å²) >= 11 is 5.93. The number of hydrogen-bond acceptors (Lipinski definition) is 1. The standard InChI is InChI=1S/C22H26ClN/c1-18-7-5-8-19(15-18)16-22-17-21(20-9-3-2-4-10-20)11-14-24(22)13-6-12-23/h2-5,7-10,15-16,21H,6,11-14,17H2,1H3. The molecular weight excluding hydrogens is 314 g/mol. The third-order valence-electron chi connectivity index (χ3n) is 4.82. The number of benzene rings is 2. The Labute approximate surface area is 151 Å². The van der Waals surface area contributed by atoms with E-state index >= 15 is 0 Å². The van der Waals surface area contributed by atoms with Crippen LogP contribution in [0.5, 0.6) is 0 Å². The van der Waals surface area contributed by atoms with Crippen LogP contribution in [0.1, 0.15) is 41.9 Å². The van der Waals surface area contributed by atoms with Crippen molar-refractivity contribution in [2.24, 2.45) is 0 Å². The Hall–Kier alpha value is -1.73. The third-order valence-corrected chi connectivity index (χ3v) is 5.08. The van der Waals surface area contributed by atoms with Crippen LogP contribution in [-0.2, 0) is 0 Å². The zero-order chi connectivity index (χ0) is 16.8. The molecule has 1 unspecified atom stereocenters. The molecule has 24 heavy (non-hydrogen) atoms. The van der Waals surface area contributed by atoms with Crippen molar-refractivity contribution in [1.29, 1.82) is 0 Å². The number of hydrogen-bond donors (Lipinski definition) is 0. The molecule has 0 aliphatic carbocycles. The largest absolute Gasteiger partial charge is 0.375 e. The number of alkyl halides is 1. The Kier molecular flexibility index (Phi) is 5.98. The van der Waals surface area contributed by atoms with Gasteiger partial charge >= 0.3 is 0 Å². The second-order valence-corrected chi connectivity index (χ2v) is 7.06. The van der Waals surface area contributed by atoms with Crippen LogP contribution in [0, 0.1) is 6.92 Å². The first-order valence-electron chi connectivity index (χ1n) is 8.89. The fourth-order valence-electron chi connectivity index (χ4n) is 3.56. The van der Waals surface area contributed by atoms with E-state index in [0.717, 1.165) is 31.8 Å². The van der Waals surface area contributed by atoms with E-state index in [2.05, 4.69) is 72.5 Å². The summed E-state index contributed by atoms with van der Waals surface area (Å²) in [5.74, 6) is 1.35. The van der Waals surface area contributed by atoms with Crippen molar-refractivity contribution >= 4 is 17.7 Å². The van der Waals surface area contributed by atoms with Crippen LogP contribution >= 0.6 is 11.6 Å². The van der Waals surface area contributed by atoms with Gasteiger partial charge in [-0.3, -0.25) is 0 Å². The van der Waals surface area contributed by atoms with Gasteiger partial charge in [0.05, 0.1) is 0 Å².